The highest BCUT2D eigenvalue weighted by Crippen LogP contribution is 2.71. The van der Waals surface area contributed by atoms with E-state index in [1.807, 2.05) is 20.8 Å². The van der Waals surface area contributed by atoms with Crippen LogP contribution in [0.4, 0.5) is 5.69 Å². The van der Waals surface area contributed by atoms with Crippen molar-refractivity contribution in [1.29, 1.82) is 0 Å². The Morgan fingerprint density at radius 2 is 1.78 bits per heavy atom. The third kappa shape index (κ3) is 3.56. The van der Waals surface area contributed by atoms with Crippen molar-refractivity contribution in [1.82, 2.24) is 0 Å². The molecule has 2 aromatic carbocycles. The molecule has 2 fully saturated rings. The van der Waals surface area contributed by atoms with E-state index in [2.05, 4.69) is 10.5 Å². The monoisotopic (exact) mass is 526 g/mol. The van der Waals surface area contributed by atoms with Crippen LogP contribution in [-0.4, -0.2) is 17.6 Å². The lowest BCUT2D eigenvalue weighted by atomic mass is 9.64. The number of para-hydroxylation sites is 1. The molecular weight excluding hydrogens is 503 g/mol. The summed E-state index contributed by atoms with van der Waals surface area (Å²) in [5.41, 5.74) is -1.21. The number of carbonyl (C=O) groups is 2. The van der Waals surface area contributed by atoms with Gasteiger partial charge in [0.25, 0.3) is 0 Å². The van der Waals surface area contributed by atoms with Crippen molar-refractivity contribution in [2.24, 2.45) is 21.4 Å². The molecule has 186 valence electrons. The summed E-state index contributed by atoms with van der Waals surface area (Å²) in [6, 6.07) is 13.3. The minimum Gasteiger partial charge on any atom is -0.422 e. The number of nitrogens with zero attached hydrogens (tertiary/aromatic N) is 1. The molecule has 1 amide bonds. The zero-order valence-corrected chi connectivity index (χ0v) is 21.5. The van der Waals surface area contributed by atoms with E-state index in [9.17, 15) is 14.4 Å². The van der Waals surface area contributed by atoms with Gasteiger partial charge in [-0.1, -0.05) is 67.3 Å². The fourth-order valence-corrected chi connectivity index (χ4v) is 6.00. The van der Waals surface area contributed by atoms with Gasteiger partial charge in [0.05, 0.1) is 21.2 Å². The zero-order valence-electron chi connectivity index (χ0n) is 20.0. The van der Waals surface area contributed by atoms with Crippen LogP contribution in [0.2, 0.25) is 10.0 Å². The predicted molar refractivity (Wildman–Crippen MR) is 139 cm³/mol. The highest BCUT2D eigenvalue weighted by molar-refractivity contribution is 6.42. The van der Waals surface area contributed by atoms with Crippen LogP contribution in [0, 0.1) is 16.2 Å². The zero-order chi connectivity index (χ0) is 25.9. The lowest BCUT2D eigenvalue weighted by Crippen LogP contribution is -2.43. The van der Waals surface area contributed by atoms with Crippen molar-refractivity contribution < 1.29 is 18.8 Å². The first-order valence-electron chi connectivity index (χ1n) is 11.6. The number of amides is 1. The molecule has 7 nitrogen and oxygen atoms in total. The summed E-state index contributed by atoms with van der Waals surface area (Å²) in [6.07, 6.45) is 1.68. The molecule has 2 unspecified atom stereocenters. The van der Waals surface area contributed by atoms with E-state index < -0.39 is 27.8 Å². The van der Waals surface area contributed by atoms with Crippen molar-refractivity contribution >= 4 is 57.4 Å². The van der Waals surface area contributed by atoms with Crippen LogP contribution in [0.25, 0.3) is 11.0 Å². The summed E-state index contributed by atoms with van der Waals surface area (Å²) in [4.78, 5) is 44.0. The third-order valence-corrected chi connectivity index (χ3v) is 9.18. The van der Waals surface area contributed by atoms with Gasteiger partial charge >= 0.3 is 11.6 Å². The molecule has 0 radical (unpaired) electrons. The number of halogens is 2. The van der Waals surface area contributed by atoms with Gasteiger partial charge in [-0.05, 0) is 48.6 Å². The van der Waals surface area contributed by atoms with E-state index in [0.717, 1.165) is 0 Å². The van der Waals surface area contributed by atoms with Crippen LogP contribution in [0.5, 0.6) is 0 Å². The summed E-state index contributed by atoms with van der Waals surface area (Å²) in [5, 5.41) is 8.53. The Morgan fingerprint density at radius 1 is 1.03 bits per heavy atom. The van der Waals surface area contributed by atoms with Gasteiger partial charge in [0.2, 0.25) is 5.91 Å². The second-order valence-corrected chi connectivity index (χ2v) is 11.0. The standard InChI is InChI=1S/C27H24Cl2N2O5/c1-25(2)26(3)10-11-27(25,24(34)30-16-8-9-18(28)19(29)13-16)14-21(26)31-36-23(33)17-12-15-6-4-5-7-20(15)35-22(17)32/h4-9,12-13H,10-11,14H2,1-3H3,(H,30,34)/b31-21-. The van der Waals surface area contributed by atoms with E-state index >= 15 is 0 Å². The topological polar surface area (TPSA) is 98.0 Å². The summed E-state index contributed by atoms with van der Waals surface area (Å²) in [6.45, 7) is 6.11. The van der Waals surface area contributed by atoms with Gasteiger partial charge in [-0.25, -0.2) is 9.59 Å². The van der Waals surface area contributed by atoms with Crippen molar-refractivity contribution in [3.05, 3.63) is 74.6 Å². The number of anilines is 1. The number of oxime groups is 1. The highest BCUT2D eigenvalue weighted by atomic mass is 35.5. The molecule has 2 aliphatic carbocycles. The predicted octanol–water partition coefficient (Wildman–Crippen LogP) is 6.47. The number of fused-ring (bicyclic) bond motifs is 3. The lowest BCUT2D eigenvalue weighted by Gasteiger charge is -2.39. The number of carbonyl (C=O) groups excluding carboxylic acids is 2. The molecule has 1 aromatic heterocycles. The first kappa shape index (κ1) is 24.5. The van der Waals surface area contributed by atoms with Gasteiger partial charge in [-0.3, -0.25) is 4.79 Å². The maximum atomic E-state index is 13.6. The van der Waals surface area contributed by atoms with Crippen LogP contribution in [-0.2, 0) is 9.63 Å². The SMILES string of the molecule is CC12CCC(C(=O)Nc3ccc(Cl)c(Cl)c3)(C/C1=N/OC(=O)c1cc3ccccc3oc1=O)C2(C)C. The van der Waals surface area contributed by atoms with E-state index in [4.69, 9.17) is 32.5 Å². The molecule has 3 aromatic rings. The fraction of sp³-hybridized carbons (Fsp3) is 0.333. The Kier molecular flexibility index (Phi) is 5.76. The van der Waals surface area contributed by atoms with Gasteiger partial charge in [-0.2, -0.15) is 0 Å². The minimum atomic E-state index is -0.902. The van der Waals surface area contributed by atoms with Gasteiger partial charge in [0.1, 0.15) is 11.1 Å². The molecular formula is C27H24Cl2N2O5. The van der Waals surface area contributed by atoms with Crippen molar-refractivity contribution in [2.45, 2.75) is 40.0 Å². The second-order valence-electron chi connectivity index (χ2n) is 10.2. The third-order valence-electron chi connectivity index (χ3n) is 8.45. The maximum absolute atomic E-state index is 13.6. The summed E-state index contributed by atoms with van der Waals surface area (Å²) in [5.74, 6) is -1.05. The van der Waals surface area contributed by atoms with E-state index in [1.165, 1.54) is 6.07 Å². The Hall–Kier alpha value is -3.16. The second kappa shape index (κ2) is 8.46. The average Bonchev–Trinajstić information content (AvgIpc) is 3.15. The number of nitrogens with one attached hydrogen (secondary N) is 1. The molecule has 2 saturated carbocycles. The molecule has 9 heteroatoms. The molecule has 5 rings (SSSR count). The van der Waals surface area contributed by atoms with Crippen molar-refractivity contribution in [3.8, 4) is 0 Å². The van der Waals surface area contributed by atoms with Crippen LogP contribution in [0.1, 0.15) is 50.4 Å². The number of hydrogen-bond acceptors (Lipinski definition) is 6. The van der Waals surface area contributed by atoms with Crippen LogP contribution in [0.3, 0.4) is 0 Å². The van der Waals surface area contributed by atoms with Crippen LogP contribution >= 0.6 is 23.2 Å². The fourth-order valence-electron chi connectivity index (χ4n) is 5.70. The normalized spacial score (nSPS) is 25.3. The molecule has 2 bridgehead atoms. The van der Waals surface area contributed by atoms with Gasteiger partial charge in [-0.15, -0.1) is 0 Å². The Labute approximate surface area is 217 Å². The Bertz CT molecular complexity index is 1510. The van der Waals surface area contributed by atoms with E-state index in [-0.39, 0.29) is 11.5 Å². The summed E-state index contributed by atoms with van der Waals surface area (Å²) in [7, 11) is 0. The van der Waals surface area contributed by atoms with Crippen molar-refractivity contribution in [3.63, 3.8) is 0 Å². The molecule has 0 saturated heterocycles. The first-order chi connectivity index (χ1) is 17.0. The largest absolute Gasteiger partial charge is 0.422 e. The molecule has 2 aliphatic rings. The first-order valence-corrected chi connectivity index (χ1v) is 12.3. The summed E-state index contributed by atoms with van der Waals surface area (Å²) >= 11 is 12.1. The molecule has 1 heterocycles. The lowest BCUT2D eigenvalue weighted by molar-refractivity contribution is -0.130. The quantitative estimate of drug-likeness (QED) is 0.238. The molecule has 2 atom stereocenters. The van der Waals surface area contributed by atoms with Gasteiger partial charge in [0, 0.05) is 22.9 Å². The van der Waals surface area contributed by atoms with Crippen molar-refractivity contribution in [2.75, 3.05) is 5.32 Å². The van der Waals surface area contributed by atoms with E-state index in [1.54, 1.807) is 42.5 Å². The number of benzene rings is 2. The minimum absolute atomic E-state index is 0.152. The molecule has 36 heavy (non-hydrogen) atoms. The van der Waals surface area contributed by atoms with Crippen LogP contribution < -0.4 is 10.9 Å². The molecule has 0 aliphatic heterocycles. The van der Waals surface area contributed by atoms with Gasteiger partial charge < -0.3 is 14.6 Å². The van der Waals surface area contributed by atoms with Crippen LogP contribution in [0.15, 0.2) is 62.9 Å². The van der Waals surface area contributed by atoms with E-state index in [0.29, 0.717) is 51.7 Å². The average molecular weight is 527 g/mol. The number of hydrogen-bond donors (Lipinski definition) is 1. The summed E-state index contributed by atoms with van der Waals surface area (Å²) < 4.78 is 5.23. The molecule has 0 spiro atoms. The maximum Gasteiger partial charge on any atom is 0.373 e. The number of rotatable bonds is 4. The Morgan fingerprint density at radius 3 is 2.53 bits per heavy atom. The molecule has 1 N–H and O–H groups in total. The Balaban J connectivity index is 1.41. The van der Waals surface area contributed by atoms with Gasteiger partial charge in [0.15, 0.2) is 0 Å². The smallest absolute Gasteiger partial charge is 0.373 e. The highest BCUT2D eigenvalue weighted by Gasteiger charge is 2.71.